The van der Waals surface area contributed by atoms with Gasteiger partial charge in [0.2, 0.25) is 5.75 Å². The van der Waals surface area contributed by atoms with E-state index in [1.165, 1.54) is 7.11 Å². The standard InChI is InChI=1S/C17H20O5/c1-19-14-7-4-12(5-8-14)11-22-17-15(20-2)9-6-13(10-18)16(17)21-3/h4-9,18H,10-11H2,1-3H3. The molecular formula is C17H20O5. The molecule has 0 spiro atoms. The maximum Gasteiger partial charge on any atom is 0.204 e. The third kappa shape index (κ3) is 3.43. The summed E-state index contributed by atoms with van der Waals surface area (Å²) >= 11 is 0. The number of rotatable bonds is 7. The maximum atomic E-state index is 9.39. The second kappa shape index (κ2) is 7.56. The minimum absolute atomic E-state index is 0.133. The highest BCUT2D eigenvalue weighted by molar-refractivity contribution is 5.55. The van der Waals surface area contributed by atoms with Crippen molar-refractivity contribution < 1.29 is 24.1 Å². The molecule has 5 heteroatoms. The van der Waals surface area contributed by atoms with Crippen molar-refractivity contribution >= 4 is 0 Å². The van der Waals surface area contributed by atoms with Crippen molar-refractivity contribution in [1.82, 2.24) is 0 Å². The fraction of sp³-hybridized carbons (Fsp3) is 0.294. The van der Waals surface area contributed by atoms with Crippen LogP contribution < -0.4 is 18.9 Å². The lowest BCUT2D eigenvalue weighted by Crippen LogP contribution is -2.02. The summed E-state index contributed by atoms with van der Waals surface area (Å²) in [5.41, 5.74) is 1.63. The van der Waals surface area contributed by atoms with Gasteiger partial charge in [-0.25, -0.2) is 0 Å². The van der Waals surface area contributed by atoms with Crippen LogP contribution in [0, 0.1) is 0 Å². The van der Waals surface area contributed by atoms with Gasteiger partial charge >= 0.3 is 0 Å². The predicted molar refractivity (Wildman–Crippen MR) is 82.8 cm³/mol. The van der Waals surface area contributed by atoms with Crippen molar-refractivity contribution in [3.05, 3.63) is 47.5 Å². The maximum absolute atomic E-state index is 9.39. The lowest BCUT2D eigenvalue weighted by molar-refractivity contribution is 0.250. The number of benzene rings is 2. The average molecular weight is 304 g/mol. The molecule has 0 atom stereocenters. The van der Waals surface area contributed by atoms with Gasteiger partial charge in [0, 0.05) is 5.56 Å². The fourth-order valence-electron chi connectivity index (χ4n) is 2.11. The van der Waals surface area contributed by atoms with Crippen LogP contribution in [-0.4, -0.2) is 26.4 Å². The third-order valence-corrected chi connectivity index (χ3v) is 3.29. The fourth-order valence-corrected chi connectivity index (χ4v) is 2.11. The van der Waals surface area contributed by atoms with E-state index in [0.717, 1.165) is 11.3 Å². The molecule has 0 unspecified atom stereocenters. The minimum atomic E-state index is -0.133. The van der Waals surface area contributed by atoms with Crippen molar-refractivity contribution in [3.8, 4) is 23.0 Å². The summed E-state index contributed by atoms with van der Waals surface area (Å²) in [6.45, 7) is 0.220. The zero-order chi connectivity index (χ0) is 15.9. The molecule has 2 aromatic carbocycles. The largest absolute Gasteiger partial charge is 0.497 e. The normalized spacial score (nSPS) is 10.2. The van der Waals surface area contributed by atoms with E-state index in [1.54, 1.807) is 26.4 Å². The summed E-state index contributed by atoms with van der Waals surface area (Å²) in [5.74, 6) is 2.31. The van der Waals surface area contributed by atoms with Gasteiger partial charge < -0.3 is 24.1 Å². The summed E-state index contributed by atoms with van der Waals surface area (Å²) in [4.78, 5) is 0. The van der Waals surface area contributed by atoms with E-state index in [4.69, 9.17) is 18.9 Å². The molecule has 0 amide bonds. The third-order valence-electron chi connectivity index (χ3n) is 3.29. The molecule has 2 rings (SSSR count). The number of aliphatic hydroxyl groups is 1. The van der Waals surface area contributed by atoms with Gasteiger partial charge in [0.1, 0.15) is 12.4 Å². The molecule has 22 heavy (non-hydrogen) atoms. The molecule has 0 saturated carbocycles. The van der Waals surface area contributed by atoms with E-state index in [-0.39, 0.29) is 6.61 Å². The predicted octanol–water partition coefficient (Wildman–Crippen LogP) is 2.78. The van der Waals surface area contributed by atoms with Crippen molar-refractivity contribution in [1.29, 1.82) is 0 Å². The Morgan fingerprint density at radius 2 is 1.55 bits per heavy atom. The van der Waals surface area contributed by atoms with Crippen LogP contribution in [-0.2, 0) is 13.2 Å². The SMILES string of the molecule is COc1ccc(COc2c(OC)ccc(CO)c2OC)cc1. The quantitative estimate of drug-likeness (QED) is 0.852. The van der Waals surface area contributed by atoms with E-state index < -0.39 is 0 Å². The molecule has 0 radical (unpaired) electrons. The zero-order valence-electron chi connectivity index (χ0n) is 13.0. The Morgan fingerprint density at radius 3 is 2.09 bits per heavy atom. The van der Waals surface area contributed by atoms with Crippen LogP contribution in [0.5, 0.6) is 23.0 Å². The van der Waals surface area contributed by atoms with Crippen molar-refractivity contribution in [2.45, 2.75) is 13.2 Å². The molecule has 0 aliphatic heterocycles. The molecule has 1 N–H and O–H groups in total. The molecule has 118 valence electrons. The smallest absolute Gasteiger partial charge is 0.204 e. The Kier molecular flexibility index (Phi) is 5.49. The van der Waals surface area contributed by atoms with Crippen molar-refractivity contribution in [3.63, 3.8) is 0 Å². The molecular weight excluding hydrogens is 284 g/mol. The summed E-state index contributed by atoms with van der Waals surface area (Å²) in [7, 11) is 4.73. The second-order valence-corrected chi connectivity index (χ2v) is 4.58. The van der Waals surface area contributed by atoms with Gasteiger partial charge in [0.05, 0.1) is 27.9 Å². The van der Waals surface area contributed by atoms with E-state index in [9.17, 15) is 5.11 Å². The number of methoxy groups -OCH3 is 3. The molecule has 0 heterocycles. The van der Waals surface area contributed by atoms with Gasteiger partial charge in [0.15, 0.2) is 11.5 Å². The van der Waals surface area contributed by atoms with Crippen LogP contribution in [0.4, 0.5) is 0 Å². The first-order valence-corrected chi connectivity index (χ1v) is 6.84. The highest BCUT2D eigenvalue weighted by Crippen LogP contribution is 2.40. The van der Waals surface area contributed by atoms with Crippen LogP contribution in [0.2, 0.25) is 0 Å². The Bertz CT molecular complexity index is 607. The van der Waals surface area contributed by atoms with Crippen LogP contribution in [0.15, 0.2) is 36.4 Å². The van der Waals surface area contributed by atoms with Gasteiger partial charge in [-0.05, 0) is 29.8 Å². The average Bonchev–Trinajstić information content (AvgIpc) is 2.59. The summed E-state index contributed by atoms with van der Waals surface area (Å²) in [6.07, 6.45) is 0. The lowest BCUT2D eigenvalue weighted by Gasteiger charge is -2.16. The van der Waals surface area contributed by atoms with Crippen LogP contribution in [0.3, 0.4) is 0 Å². The Balaban J connectivity index is 2.23. The number of hydrogen-bond donors (Lipinski definition) is 1. The summed E-state index contributed by atoms with van der Waals surface area (Å²) in [5, 5.41) is 9.39. The first-order chi connectivity index (χ1) is 10.7. The minimum Gasteiger partial charge on any atom is -0.497 e. The number of ether oxygens (including phenoxy) is 4. The van der Waals surface area contributed by atoms with Crippen LogP contribution in [0.25, 0.3) is 0 Å². The molecule has 0 aromatic heterocycles. The molecule has 0 bridgehead atoms. The topological polar surface area (TPSA) is 57.2 Å². The first-order valence-electron chi connectivity index (χ1n) is 6.84. The molecule has 0 aliphatic rings. The molecule has 0 aliphatic carbocycles. The van der Waals surface area contributed by atoms with E-state index >= 15 is 0 Å². The van der Waals surface area contributed by atoms with Gasteiger partial charge in [-0.3, -0.25) is 0 Å². The molecule has 0 fully saturated rings. The van der Waals surface area contributed by atoms with Crippen LogP contribution >= 0.6 is 0 Å². The van der Waals surface area contributed by atoms with E-state index in [1.807, 2.05) is 24.3 Å². The van der Waals surface area contributed by atoms with Gasteiger partial charge in [-0.15, -0.1) is 0 Å². The number of hydrogen-bond acceptors (Lipinski definition) is 5. The summed E-state index contributed by atoms with van der Waals surface area (Å²) < 4.78 is 21.6. The van der Waals surface area contributed by atoms with Crippen molar-refractivity contribution in [2.75, 3.05) is 21.3 Å². The Morgan fingerprint density at radius 1 is 0.818 bits per heavy atom. The first kappa shape index (κ1) is 16.0. The van der Waals surface area contributed by atoms with E-state index in [2.05, 4.69) is 0 Å². The highest BCUT2D eigenvalue weighted by atomic mass is 16.5. The Labute approximate surface area is 130 Å². The lowest BCUT2D eigenvalue weighted by atomic mass is 10.1. The summed E-state index contributed by atoms with van der Waals surface area (Å²) in [6, 6.07) is 11.1. The highest BCUT2D eigenvalue weighted by Gasteiger charge is 2.16. The molecule has 5 nitrogen and oxygen atoms in total. The molecule has 0 saturated heterocycles. The van der Waals surface area contributed by atoms with Gasteiger partial charge in [-0.1, -0.05) is 12.1 Å². The van der Waals surface area contributed by atoms with Crippen molar-refractivity contribution in [2.24, 2.45) is 0 Å². The van der Waals surface area contributed by atoms with Gasteiger partial charge in [0.25, 0.3) is 0 Å². The zero-order valence-corrected chi connectivity index (χ0v) is 13.0. The second-order valence-electron chi connectivity index (χ2n) is 4.58. The van der Waals surface area contributed by atoms with Crippen LogP contribution in [0.1, 0.15) is 11.1 Å². The van der Waals surface area contributed by atoms with E-state index in [0.29, 0.717) is 29.4 Å². The van der Waals surface area contributed by atoms with Gasteiger partial charge in [-0.2, -0.15) is 0 Å². The monoisotopic (exact) mass is 304 g/mol. The molecule has 2 aromatic rings. The Hall–Kier alpha value is -2.40. The number of aliphatic hydroxyl groups excluding tert-OH is 1.